The molecule has 1 aromatic rings. The number of carbonyl (C=O) groups is 1. The van der Waals surface area contributed by atoms with E-state index in [0.29, 0.717) is 12.6 Å². The van der Waals surface area contributed by atoms with Gasteiger partial charge in [0.15, 0.2) is 5.96 Å². The van der Waals surface area contributed by atoms with Crippen LogP contribution in [0.5, 0.6) is 5.75 Å². The van der Waals surface area contributed by atoms with E-state index in [0.717, 1.165) is 30.7 Å². The SMILES string of the molecule is CCCCCNC(=NCC(=O)N(C)C)NC1CCOc2ccccc21.I. The summed E-state index contributed by atoms with van der Waals surface area (Å²) in [7, 11) is 3.49. The van der Waals surface area contributed by atoms with Crippen LogP contribution in [-0.2, 0) is 4.79 Å². The van der Waals surface area contributed by atoms with Gasteiger partial charge in [-0.05, 0) is 12.5 Å². The molecule has 26 heavy (non-hydrogen) atoms. The van der Waals surface area contributed by atoms with Gasteiger partial charge in [-0.2, -0.15) is 0 Å². The van der Waals surface area contributed by atoms with Crippen molar-refractivity contribution in [2.24, 2.45) is 4.99 Å². The first-order valence-corrected chi connectivity index (χ1v) is 9.08. The number of fused-ring (bicyclic) bond motifs is 1. The van der Waals surface area contributed by atoms with Crippen molar-refractivity contribution < 1.29 is 9.53 Å². The number of para-hydroxylation sites is 1. The van der Waals surface area contributed by atoms with Crippen LogP contribution >= 0.6 is 24.0 Å². The molecule has 2 rings (SSSR count). The van der Waals surface area contributed by atoms with E-state index < -0.39 is 0 Å². The quantitative estimate of drug-likeness (QED) is 0.276. The van der Waals surface area contributed by atoms with E-state index in [9.17, 15) is 4.79 Å². The minimum Gasteiger partial charge on any atom is -0.493 e. The molecule has 0 saturated heterocycles. The van der Waals surface area contributed by atoms with Crippen molar-refractivity contribution in [1.82, 2.24) is 15.5 Å². The van der Waals surface area contributed by atoms with Gasteiger partial charge in [-0.25, -0.2) is 4.99 Å². The number of benzene rings is 1. The molecule has 1 atom stereocenters. The van der Waals surface area contributed by atoms with Crippen molar-refractivity contribution in [2.45, 2.75) is 38.6 Å². The molecular formula is C19H31IN4O2. The van der Waals surface area contributed by atoms with Crippen molar-refractivity contribution in [2.75, 3.05) is 33.8 Å². The van der Waals surface area contributed by atoms with Crippen molar-refractivity contribution >= 4 is 35.8 Å². The summed E-state index contributed by atoms with van der Waals surface area (Å²) in [6.45, 7) is 3.85. The lowest BCUT2D eigenvalue weighted by Gasteiger charge is -2.28. The largest absolute Gasteiger partial charge is 0.493 e. The number of hydrogen-bond acceptors (Lipinski definition) is 3. The summed E-state index contributed by atoms with van der Waals surface area (Å²) in [5.74, 6) is 1.59. The Morgan fingerprint density at radius 3 is 2.81 bits per heavy atom. The number of guanidine groups is 1. The van der Waals surface area contributed by atoms with Gasteiger partial charge in [-0.1, -0.05) is 38.0 Å². The normalized spacial score (nSPS) is 16.0. The summed E-state index contributed by atoms with van der Waals surface area (Å²) in [6.07, 6.45) is 4.31. The third kappa shape index (κ3) is 7.01. The molecule has 2 N–H and O–H groups in total. The first-order chi connectivity index (χ1) is 12.1. The molecule has 0 bridgehead atoms. The maximum atomic E-state index is 11.9. The summed E-state index contributed by atoms with van der Waals surface area (Å²) in [6, 6.07) is 8.20. The Labute approximate surface area is 173 Å². The second-order valence-corrected chi connectivity index (χ2v) is 6.46. The van der Waals surface area contributed by atoms with Crippen molar-refractivity contribution in [1.29, 1.82) is 0 Å². The van der Waals surface area contributed by atoms with E-state index in [1.807, 2.05) is 18.2 Å². The van der Waals surface area contributed by atoms with E-state index in [4.69, 9.17) is 4.74 Å². The molecule has 7 heteroatoms. The Balaban J connectivity index is 0.00000338. The molecule has 0 aromatic heterocycles. The highest BCUT2D eigenvalue weighted by Crippen LogP contribution is 2.31. The third-order valence-electron chi connectivity index (χ3n) is 4.21. The van der Waals surface area contributed by atoms with Crippen LogP contribution in [0.15, 0.2) is 29.3 Å². The molecule has 1 aliphatic rings. The molecule has 6 nitrogen and oxygen atoms in total. The second kappa shape index (κ2) is 12.0. The van der Waals surface area contributed by atoms with E-state index in [1.165, 1.54) is 12.8 Å². The van der Waals surface area contributed by atoms with E-state index in [1.54, 1.807) is 19.0 Å². The van der Waals surface area contributed by atoms with Crippen molar-refractivity contribution in [3.8, 4) is 5.75 Å². The van der Waals surface area contributed by atoms with Gasteiger partial charge in [0, 0.05) is 32.6 Å². The molecular weight excluding hydrogens is 443 g/mol. The molecule has 0 saturated carbocycles. The van der Waals surface area contributed by atoms with Gasteiger partial charge in [-0.15, -0.1) is 24.0 Å². The zero-order chi connectivity index (χ0) is 18.1. The predicted molar refractivity (Wildman–Crippen MR) is 116 cm³/mol. The summed E-state index contributed by atoms with van der Waals surface area (Å²) < 4.78 is 5.72. The zero-order valence-electron chi connectivity index (χ0n) is 16.0. The molecule has 1 aromatic carbocycles. The fraction of sp³-hybridized carbons (Fsp3) is 0.579. The monoisotopic (exact) mass is 474 g/mol. The van der Waals surface area contributed by atoms with Gasteiger partial charge in [0.1, 0.15) is 12.3 Å². The lowest BCUT2D eigenvalue weighted by atomic mass is 10.0. The Bertz CT molecular complexity index is 593. The molecule has 0 aliphatic carbocycles. The summed E-state index contributed by atoms with van der Waals surface area (Å²) >= 11 is 0. The van der Waals surface area contributed by atoms with Crippen LogP contribution in [0.4, 0.5) is 0 Å². The number of nitrogens with one attached hydrogen (secondary N) is 2. The maximum absolute atomic E-state index is 11.9. The van der Waals surface area contributed by atoms with Gasteiger partial charge in [0.2, 0.25) is 5.91 Å². The smallest absolute Gasteiger partial charge is 0.243 e. The van der Waals surface area contributed by atoms with Crippen LogP contribution in [0.1, 0.15) is 44.2 Å². The van der Waals surface area contributed by atoms with Crippen LogP contribution in [0.25, 0.3) is 0 Å². The van der Waals surface area contributed by atoms with Crippen LogP contribution in [0, 0.1) is 0 Å². The Morgan fingerprint density at radius 2 is 2.08 bits per heavy atom. The number of halogens is 1. The minimum absolute atomic E-state index is 0. The van der Waals surface area contributed by atoms with Gasteiger partial charge in [0.25, 0.3) is 0 Å². The number of aliphatic imine (C=N–C) groups is 1. The van der Waals surface area contributed by atoms with Gasteiger partial charge in [0.05, 0.1) is 12.6 Å². The molecule has 0 fully saturated rings. The summed E-state index contributed by atoms with van der Waals surface area (Å²) in [5, 5.41) is 6.83. The first kappa shape index (κ1) is 22.5. The molecule has 1 amide bonds. The number of carbonyl (C=O) groups excluding carboxylic acids is 1. The number of rotatable bonds is 7. The van der Waals surface area contributed by atoms with Crippen LogP contribution in [0.2, 0.25) is 0 Å². The molecule has 146 valence electrons. The summed E-state index contributed by atoms with van der Waals surface area (Å²) in [4.78, 5) is 17.9. The van der Waals surface area contributed by atoms with Crippen LogP contribution in [0.3, 0.4) is 0 Å². The van der Waals surface area contributed by atoms with Crippen LogP contribution < -0.4 is 15.4 Å². The summed E-state index contributed by atoms with van der Waals surface area (Å²) in [5.41, 5.74) is 1.13. The van der Waals surface area contributed by atoms with E-state index >= 15 is 0 Å². The number of amides is 1. The first-order valence-electron chi connectivity index (χ1n) is 9.08. The third-order valence-corrected chi connectivity index (χ3v) is 4.21. The van der Waals surface area contributed by atoms with Crippen molar-refractivity contribution in [3.05, 3.63) is 29.8 Å². The number of ether oxygens (including phenoxy) is 1. The highest BCUT2D eigenvalue weighted by atomic mass is 127. The predicted octanol–water partition coefficient (Wildman–Crippen LogP) is 2.94. The van der Waals surface area contributed by atoms with Crippen molar-refractivity contribution in [3.63, 3.8) is 0 Å². The Kier molecular flexibility index (Phi) is 10.4. The molecule has 0 radical (unpaired) electrons. The topological polar surface area (TPSA) is 66.0 Å². The lowest BCUT2D eigenvalue weighted by molar-refractivity contribution is -0.127. The highest BCUT2D eigenvalue weighted by molar-refractivity contribution is 14.0. The van der Waals surface area contributed by atoms with Gasteiger partial charge in [-0.3, -0.25) is 4.79 Å². The maximum Gasteiger partial charge on any atom is 0.243 e. The van der Waals surface area contributed by atoms with E-state index in [-0.39, 0.29) is 42.5 Å². The standard InChI is InChI=1S/C19H30N4O2.HI/c1-4-5-8-12-20-19(21-14-18(24)23(2)3)22-16-11-13-25-17-10-7-6-9-15(16)17;/h6-7,9-10,16H,4-5,8,11-14H2,1-3H3,(H2,20,21,22);1H. The average Bonchev–Trinajstić information content (AvgIpc) is 2.62. The van der Waals surface area contributed by atoms with Gasteiger partial charge >= 0.3 is 0 Å². The fourth-order valence-corrected chi connectivity index (χ4v) is 2.68. The molecule has 1 aliphatic heterocycles. The molecule has 1 heterocycles. The molecule has 0 spiro atoms. The zero-order valence-corrected chi connectivity index (χ0v) is 18.3. The number of unbranched alkanes of at least 4 members (excludes halogenated alkanes) is 2. The second-order valence-electron chi connectivity index (χ2n) is 6.46. The minimum atomic E-state index is -0.0120. The van der Waals surface area contributed by atoms with Gasteiger partial charge < -0.3 is 20.3 Å². The Morgan fingerprint density at radius 1 is 1.31 bits per heavy atom. The number of nitrogens with zero attached hydrogens (tertiary/aromatic N) is 2. The fourth-order valence-electron chi connectivity index (χ4n) is 2.68. The molecule has 1 unspecified atom stereocenters. The van der Waals surface area contributed by atoms with E-state index in [2.05, 4.69) is 28.6 Å². The highest BCUT2D eigenvalue weighted by Gasteiger charge is 2.22. The average molecular weight is 474 g/mol. The number of likely N-dealkylation sites (N-methyl/N-ethyl adjacent to an activating group) is 1. The Hall–Kier alpha value is -1.51. The number of hydrogen-bond donors (Lipinski definition) is 2. The van der Waals surface area contributed by atoms with Crippen LogP contribution in [-0.4, -0.2) is 50.6 Å². The lowest BCUT2D eigenvalue weighted by Crippen LogP contribution is -2.42.